The second-order valence-corrected chi connectivity index (χ2v) is 6.93. The monoisotopic (exact) mass is 339 g/mol. The highest BCUT2D eigenvalue weighted by molar-refractivity contribution is 7.10. The molecule has 0 N–H and O–H groups in total. The minimum absolute atomic E-state index is 0.188. The first-order valence-corrected chi connectivity index (χ1v) is 9.14. The van der Waals surface area contributed by atoms with Gasteiger partial charge in [-0.2, -0.15) is 5.26 Å². The fourth-order valence-electron chi connectivity index (χ4n) is 3.06. The van der Waals surface area contributed by atoms with Crippen molar-refractivity contribution < 1.29 is 4.79 Å². The van der Waals surface area contributed by atoms with Gasteiger partial charge in [0.15, 0.2) is 0 Å². The maximum Gasteiger partial charge on any atom is 0.222 e. The molecule has 1 amide bonds. The number of rotatable bonds is 5. The van der Waals surface area contributed by atoms with Crippen molar-refractivity contribution in [1.29, 1.82) is 5.26 Å². The molecule has 2 heterocycles. The van der Waals surface area contributed by atoms with Gasteiger partial charge in [0.1, 0.15) is 6.04 Å². The van der Waals surface area contributed by atoms with E-state index in [-0.39, 0.29) is 11.9 Å². The molecule has 24 heavy (non-hydrogen) atoms. The number of carbonyl (C=O) groups is 1. The van der Waals surface area contributed by atoms with Crippen molar-refractivity contribution in [3.63, 3.8) is 0 Å². The van der Waals surface area contributed by atoms with Gasteiger partial charge in [-0.25, -0.2) is 0 Å². The average Bonchev–Trinajstić information content (AvgIpc) is 3.16. The molecule has 1 aromatic heterocycles. The second kappa shape index (κ2) is 8.09. The molecule has 124 valence electrons. The van der Waals surface area contributed by atoms with Crippen LogP contribution in [0.25, 0.3) is 0 Å². The number of benzene rings is 1. The molecule has 0 aliphatic carbocycles. The third kappa shape index (κ3) is 4.02. The highest BCUT2D eigenvalue weighted by Gasteiger charge is 2.27. The van der Waals surface area contributed by atoms with E-state index in [4.69, 9.17) is 0 Å². The summed E-state index contributed by atoms with van der Waals surface area (Å²) < 4.78 is 0. The normalized spacial score (nSPS) is 16.5. The zero-order chi connectivity index (χ0) is 16.8. The summed E-state index contributed by atoms with van der Waals surface area (Å²) in [6.07, 6.45) is 1.34. The number of nitriles is 1. The maximum atomic E-state index is 12.4. The van der Waals surface area contributed by atoms with Gasteiger partial charge in [0.05, 0.1) is 6.07 Å². The molecule has 2 aromatic rings. The minimum Gasteiger partial charge on any atom is -0.340 e. The first kappa shape index (κ1) is 16.7. The molecular weight excluding hydrogens is 318 g/mol. The minimum atomic E-state index is -0.188. The molecule has 0 saturated carbocycles. The fourth-order valence-corrected chi connectivity index (χ4v) is 3.86. The summed E-state index contributed by atoms with van der Waals surface area (Å²) in [6.45, 7) is 2.93. The number of carbonyl (C=O) groups excluding carboxylic acids is 1. The third-order valence-electron chi connectivity index (χ3n) is 4.44. The predicted molar refractivity (Wildman–Crippen MR) is 95.6 cm³/mol. The van der Waals surface area contributed by atoms with E-state index >= 15 is 0 Å². The van der Waals surface area contributed by atoms with Gasteiger partial charge < -0.3 is 4.90 Å². The van der Waals surface area contributed by atoms with Crippen LogP contribution in [-0.2, 0) is 11.2 Å². The van der Waals surface area contributed by atoms with Gasteiger partial charge in [-0.15, -0.1) is 11.3 Å². The molecule has 0 spiro atoms. The smallest absolute Gasteiger partial charge is 0.222 e. The summed E-state index contributed by atoms with van der Waals surface area (Å²) in [5.41, 5.74) is 1.20. The van der Waals surface area contributed by atoms with Crippen LogP contribution >= 0.6 is 11.3 Å². The van der Waals surface area contributed by atoms with Crippen LogP contribution in [0.2, 0.25) is 0 Å². The van der Waals surface area contributed by atoms with Crippen molar-refractivity contribution in [1.82, 2.24) is 9.80 Å². The van der Waals surface area contributed by atoms with Crippen molar-refractivity contribution in [2.45, 2.75) is 18.9 Å². The second-order valence-electron chi connectivity index (χ2n) is 5.95. The van der Waals surface area contributed by atoms with Crippen LogP contribution in [0.4, 0.5) is 0 Å². The zero-order valence-corrected chi connectivity index (χ0v) is 14.4. The van der Waals surface area contributed by atoms with E-state index in [0.717, 1.165) is 24.4 Å². The third-order valence-corrected chi connectivity index (χ3v) is 5.36. The highest BCUT2D eigenvalue weighted by atomic mass is 32.1. The van der Waals surface area contributed by atoms with Gasteiger partial charge in [0.2, 0.25) is 5.91 Å². The summed E-state index contributed by atoms with van der Waals surface area (Å²) in [7, 11) is 0. The van der Waals surface area contributed by atoms with Gasteiger partial charge in [0.25, 0.3) is 0 Å². The lowest BCUT2D eigenvalue weighted by atomic mass is 10.1. The van der Waals surface area contributed by atoms with E-state index in [1.807, 2.05) is 40.6 Å². The van der Waals surface area contributed by atoms with Gasteiger partial charge in [-0.1, -0.05) is 36.4 Å². The number of piperazine rings is 1. The van der Waals surface area contributed by atoms with Gasteiger partial charge in [-0.3, -0.25) is 9.69 Å². The van der Waals surface area contributed by atoms with Crippen LogP contribution in [0.1, 0.15) is 22.9 Å². The maximum absolute atomic E-state index is 12.4. The molecule has 1 fully saturated rings. The Morgan fingerprint density at radius 3 is 2.50 bits per heavy atom. The molecule has 4 nitrogen and oxygen atoms in total. The average molecular weight is 339 g/mol. The topological polar surface area (TPSA) is 47.3 Å². The van der Waals surface area contributed by atoms with E-state index in [0.29, 0.717) is 19.5 Å². The van der Waals surface area contributed by atoms with Crippen molar-refractivity contribution in [3.05, 3.63) is 58.3 Å². The fraction of sp³-hybridized carbons (Fsp3) is 0.368. The Labute approximate surface area is 146 Å². The van der Waals surface area contributed by atoms with E-state index in [1.54, 1.807) is 11.3 Å². The van der Waals surface area contributed by atoms with Crippen LogP contribution < -0.4 is 0 Å². The summed E-state index contributed by atoms with van der Waals surface area (Å²) in [5.74, 6) is 0.211. The molecule has 1 aromatic carbocycles. The van der Waals surface area contributed by atoms with Crippen molar-refractivity contribution >= 4 is 17.2 Å². The predicted octanol–water partition coefficient (Wildman–Crippen LogP) is 3.09. The molecule has 0 bridgehead atoms. The van der Waals surface area contributed by atoms with E-state index < -0.39 is 0 Å². The molecule has 0 radical (unpaired) electrons. The quantitative estimate of drug-likeness (QED) is 0.841. The molecule has 1 aliphatic rings. The Kier molecular flexibility index (Phi) is 5.63. The molecule has 1 saturated heterocycles. The van der Waals surface area contributed by atoms with Gasteiger partial charge >= 0.3 is 0 Å². The molecule has 3 rings (SSSR count). The highest BCUT2D eigenvalue weighted by Crippen LogP contribution is 2.25. The van der Waals surface area contributed by atoms with Gasteiger partial charge in [-0.05, 0) is 23.4 Å². The lowest BCUT2D eigenvalue weighted by Crippen LogP contribution is -2.49. The number of thiophene rings is 1. The number of amides is 1. The van der Waals surface area contributed by atoms with Crippen molar-refractivity contribution in [2.75, 3.05) is 26.2 Å². The Bertz CT molecular complexity index is 685. The Hall–Kier alpha value is -2.16. The van der Waals surface area contributed by atoms with Crippen LogP contribution in [0, 0.1) is 11.3 Å². The summed E-state index contributed by atoms with van der Waals surface area (Å²) in [4.78, 5) is 17.6. The van der Waals surface area contributed by atoms with E-state index in [9.17, 15) is 10.1 Å². The van der Waals surface area contributed by atoms with Crippen LogP contribution in [-0.4, -0.2) is 41.9 Å². The SMILES string of the molecule is N#CC(c1cccs1)N1CCN(C(=O)CCc2ccccc2)CC1. The first-order valence-electron chi connectivity index (χ1n) is 8.26. The lowest BCUT2D eigenvalue weighted by Gasteiger charge is -2.36. The first-order chi connectivity index (χ1) is 11.8. The molecular formula is C19H21N3OS. The van der Waals surface area contributed by atoms with Crippen LogP contribution in [0.3, 0.4) is 0 Å². The number of aryl methyl sites for hydroxylation is 1. The molecule has 5 heteroatoms. The van der Waals surface area contributed by atoms with E-state index in [2.05, 4.69) is 23.1 Å². The van der Waals surface area contributed by atoms with Crippen LogP contribution in [0.15, 0.2) is 47.8 Å². The number of nitrogens with zero attached hydrogens (tertiary/aromatic N) is 3. The molecule has 1 aliphatic heterocycles. The lowest BCUT2D eigenvalue weighted by molar-refractivity contribution is -0.133. The van der Waals surface area contributed by atoms with Crippen molar-refractivity contribution in [2.24, 2.45) is 0 Å². The largest absolute Gasteiger partial charge is 0.340 e. The number of hydrogen-bond donors (Lipinski definition) is 0. The Balaban J connectivity index is 1.49. The summed E-state index contributed by atoms with van der Waals surface area (Å²) in [6, 6.07) is 16.3. The Morgan fingerprint density at radius 2 is 1.88 bits per heavy atom. The molecule has 1 unspecified atom stereocenters. The summed E-state index contributed by atoms with van der Waals surface area (Å²) >= 11 is 1.62. The van der Waals surface area contributed by atoms with Gasteiger partial charge in [0, 0.05) is 37.5 Å². The standard InChI is InChI=1S/C19H21N3OS/c20-15-17(18-7-4-14-24-18)21-10-12-22(13-11-21)19(23)9-8-16-5-2-1-3-6-16/h1-7,14,17H,8-13H2. The molecule has 1 atom stereocenters. The van der Waals surface area contributed by atoms with Crippen molar-refractivity contribution in [3.8, 4) is 6.07 Å². The zero-order valence-electron chi connectivity index (χ0n) is 13.6. The number of hydrogen-bond acceptors (Lipinski definition) is 4. The summed E-state index contributed by atoms with van der Waals surface area (Å²) in [5, 5.41) is 11.5. The van der Waals surface area contributed by atoms with E-state index in [1.165, 1.54) is 5.56 Å². The van der Waals surface area contributed by atoms with Crippen LogP contribution in [0.5, 0.6) is 0 Å². The Morgan fingerprint density at radius 1 is 1.12 bits per heavy atom.